The van der Waals surface area contributed by atoms with Gasteiger partial charge in [0.05, 0.1) is 5.69 Å². The summed E-state index contributed by atoms with van der Waals surface area (Å²) >= 11 is 0. The summed E-state index contributed by atoms with van der Waals surface area (Å²) in [6, 6.07) is 12.6. The highest BCUT2D eigenvalue weighted by Gasteiger charge is 2.03. The van der Waals surface area contributed by atoms with Gasteiger partial charge in [-0.2, -0.15) is 0 Å². The van der Waals surface area contributed by atoms with Gasteiger partial charge in [-0.3, -0.25) is 9.78 Å². The largest absolute Gasteiger partial charge is 0.348 e. The number of pyridine rings is 1. The van der Waals surface area contributed by atoms with E-state index in [4.69, 9.17) is 0 Å². The molecule has 6 heteroatoms. The maximum Gasteiger partial charge on any atom is 0.319 e. The van der Waals surface area contributed by atoms with Gasteiger partial charge in [-0.05, 0) is 49.8 Å². The third-order valence-corrected chi connectivity index (χ3v) is 3.19. The van der Waals surface area contributed by atoms with Crippen molar-refractivity contribution in [2.24, 2.45) is 0 Å². The van der Waals surface area contributed by atoms with Gasteiger partial charge in [0.15, 0.2) is 0 Å². The quantitative estimate of drug-likeness (QED) is 0.708. The zero-order chi connectivity index (χ0) is 18.1. The first kappa shape index (κ1) is 18.2. The number of hydrogen-bond donors (Lipinski definition) is 3. The summed E-state index contributed by atoms with van der Waals surface area (Å²) in [5, 5.41) is 8.30. The average molecular weight is 338 g/mol. The molecule has 3 N–H and O–H groups in total. The predicted octanol–water partition coefficient (Wildman–Crippen LogP) is 2.94. The highest BCUT2D eigenvalue weighted by molar-refractivity contribution is 5.91. The fourth-order valence-electron chi connectivity index (χ4n) is 2.02. The number of benzene rings is 1. The van der Waals surface area contributed by atoms with Crippen molar-refractivity contribution < 1.29 is 9.59 Å². The van der Waals surface area contributed by atoms with Gasteiger partial charge in [0.1, 0.15) is 0 Å². The number of carbonyl (C=O) groups excluding carboxylic acids is 2. The van der Waals surface area contributed by atoms with E-state index in [9.17, 15) is 9.59 Å². The molecule has 0 bridgehead atoms. The van der Waals surface area contributed by atoms with Gasteiger partial charge in [0, 0.05) is 30.5 Å². The Hall–Kier alpha value is -3.15. The first-order chi connectivity index (χ1) is 12.0. The van der Waals surface area contributed by atoms with Crippen LogP contribution in [0.15, 0.2) is 54.7 Å². The Labute approximate surface area is 147 Å². The van der Waals surface area contributed by atoms with Crippen molar-refractivity contribution in [3.05, 3.63) is 66.0 Å². The molecule has 3 amide bonds. The Bertz CT molecular complexity index is 725. The topological polar surface area (TPSA) is 83.1 Å². The van der Waals surface area contributed by atoms with E-state index >= 15 is 0 Å². The molecular weight excluding hydrogens is 316 g/mol. The zero-order valence-electron chi connectivity index (χ0n) is 14.3. The molecule has 1 aromatic carbocycles. The first-order valence-corrected chi connectivity index (χ1v) is 8.06. The summed E-state index contributed by atoms with van der Waals surface area (Å²) in [6.45, 7) is 4.20. The molecule has 0 atom stereocenters. The van der Waals surface area contributed by atoms with Crippen molar-refractivity contribution in [2.75, 3.05) is 5.32 Å². The molecule has 0 spiro atoms. The van der Waals surface area contributed by atoms with Crippen LogP contribution in [-0.2, 0) is 11.3 Å². The smallest absolute Gasteiger partial charge is 0.319 e. The van der Waals surface area contributed by atoms with E-state index in [0.29, 0.717) is 12.2 Å². The van der Waals surface area contributed by atoms with Gasteiger partial charge >= 0.3 is 6.03 Å². The van der Waals surface area contributed by atoms with Crippen LogP contribution in [0.5, 0.6) is 0 Å². The fraction of sp³-hybridized carbons (Fsp3) is 0.211. The molecule has 0 saturated heterocycles. The fourth-order valence-corrected chi connectivity index (χ4v) is 2.02. The Morgan fingerprint density at radius 3 is 2.52 bits per heavy atom. The van der Waals surface area contributed by atoms with E-state index in [1.807, 2.05) is 44.2 Å². The second-order valence-corrected chi connectivity index (χ2v) is 5.76. The van der Waals surface area contributed by atoms with Crippen molar-refractivity contribution in [3.8, 4) is 0 Å². The zero-order valence-corrected chi connectivity index (χ0v) is 14.3. The van der Waals surface area contributed by atoms with Crippen LogP contribution in [0.2, 0.25) is 0 Å². The Kier molecular flexibility index (Phi) is 6.71. The van der Waals surface area contributed by atoms with E-state index in [2.05, 4.69) is 20.9 Å². The number of nitrogens with one attached hydrogen (secondary N) is 3. The molecule has 1 aromatic heterocycles. The van der Waals surface area contributed by atoms with E-state index < -0.39 is 0 Å². The van der Waals surface area contributed by atoms with Gasteiger partial charge in [0.2, 0.25) is 5.91 Å². The minimum Gasteiger partial charge on any atom is -0.348 e. The van der Waals surface area contributed by atoms with E-state index in [1.54, 1.807) is 24.4 Å². The standard InChI is InChI=1S/C19H22N4O2/c1-14(2)22-19(25)23-17-8-6-15(7-9-17)13-21-18(24)11-10-16-5-3-4-12-20-16/h3-12,14H,13H2,1-2H3,(H,21,24)(H2,22,23,25)/b11-10+. The second kappa shape index (κ2) is 9.22. The number of aromatic nitrogens is 1. The molecule has 0 unspecified atom stereocenters. The SMILES string of the molecule is CC(C)NC(=O)Nc1ccc(CNC(=O)/C=C/c2ccccn2)cc1. The summed E-state index contributed by atoms with van der Waals surface area (Å²) in [7, 11) is 0. The maximum absolute atomic E-state index is 11.8. The second-order valence-electron chi connectivity index (χ2n) is 5.76. The van der Waals surface area contributed by atoms with Crippen molar-refractivity contribution in [2.45, 2.75) is 26.4 Å². The lowest BCUT2D eigenvalue weighted by molar-refractivity contribution is -0.116. The minimum absolute atomic E-state index is 0.0774. The lowest BCUT2D eigenvalue weighted by Crippen LogP contribution is -2.34. The third kappa shape index (κ3) is 6.87. The Balaban J connectivity index is 1.80. The van der Waals surface area contributed by atoms with E-state index in [1.165, 1.54) is 6.08 Å². The Morgan fingerprint density at radius 1 is 1.12 bits per heavy atom. The van der Waals surface area contributed by atoms with Crippen LogP contribution >= 0.6 is 0 Å². The molecule has 6 nitrogen and oxygen atoms in total. The minimum atomic E-state index is -0.240. The lowest BCUT2D eigenvalue weighted by atomic mass is 10.2. The molecule has 0 fully saturated rings. The van der Waals surface area contributed by atoms with Gasteiger partial charge in [0.25, 0.3) is 0 Å². The van der Waals surface area contributed by atoms with E-state index in [-0.39, 0.29) is 18.0 Å². The first-order valence-electron chi connectivity index (χ1n) is 8.06. The highest BCUT2D eigenvalue weighted by Crippen LogP contribution is 2.09. The van der Waals surface area contributed by atoms with Crippen molar-refractivity contribution in [3.63, 3.8) is 0 Å². The summed E-state index contributed by atoms with van der Waals surface area (Å²) in [5.41, 5.74) is 2.37. The van der Waals surface area contributed by atoms with Crippen molar-refractivity contribution in [1.29, 1.82) is 0 Å². The maximum atomic E-state index is 11.8. The van der Waals surface area contributed by atoms with Gasteiger partial charge in [-0.25, -0.2) is 4.79 Å². The molecule has 0 aliphatic heterocycles. The van der Waals surface area contributed by atoms with Gasteiger partial charge < -0.3 is 16.0 Å². The number of carbonyl (C=O) groups is 2. The number of urea groups is 1. The molecule has 2 rings (SSSR count). The summed E-state index contributed by atoms with van der Waals surface area (Å²) in [6.07, 6.45) is 4.79. The lowest BCUT2D eigenvalue weighted by Gasteiger charge is -2.10. The summed E-state index contributed by atoms with van der Waals surface area (Å²) in [4.78, 5) is 27.5. The molecule has 25 heavy (non-hydrogen) atoms. The van der Waals surface area contributed by atoms with Crippen LogP contribution in [-0.4, -0.2) is 23.0 Å². The van der Waals surface area contributed by atoms with Crippen molar-refractivity contribution in [1.82, 2.24) is 15.6 Å². The molecule has 1 heterocycles. The third-order valence-electron chi connectivity index (χ3n) is 3.19. The molecule has 2 aromatic rings. The number of hydrogen-bond acceptors (Lipinski definition) is 3. The number of nitrogens with zero attached hydrogens (tertiary/aromatic N) is 1. The van der Waals surface area contributed by atoms with Crippen LogP contribution in [0, 0.1) is 0 Å². The van der Waals surface area contributed by atoms with Crippen LogP contribution in [0.25, 0.3) is 6.08 Å². The average Bonchev–Trinajstić information content (AvgIpc) is 2.59. The normalized spacial score (nSPS) is 10.7. The van der Waals surface area contributed by atoms with E-state index in [0.717, 1.165) is 11.3 Å². The highest BCUT2D eigenvalue weighted by atomic mass is 16.2. The van der Waals surface area contributed by atoms with Crippen LogP contribution in [0.1, 0.15) is 25.1 Å². The summed E-state index contributed by atoms with van der Waals surface area (Å²) < 4.78 is 0. The predicted molar refractivity (Wildman–Crippen MR) is 98.9 cm³/mol. The van der Waals surface area contributed by atoms with Crippen LogP contribution < -0.4 is 16.0 Å². The molecule has 130 valence electrons. The van der Waals surface area contributed by atoms with Crippen LogP contribution in [0.4, 0.5) is 10.5 Å². The molecule has 0 aliphatic carbocycles. The van der Waals surface area contributed by atoms with Gasteiger partial charge in [-0.15, -0.1) is 0 Å². The molecule has 0 aliphatic rings. The summed E-state index contributed by atoms with van der Waals surface area (Å²) in [5.74, 6) is -0.191. The number of rotatable bonds is 6. The van der Waals surface area contributed by atoms with Gasteiger partial charge in [-0.1, -0.05) is 18.2 Å². The Morgan fingerprint density at radius 2 is 1.88 bits per heavy atom. The number of anilines is 1. The molecule has 0 saturated carbocycles. The number of amides is 3. The molecular formula is C19H22N4O2. The van der Waals surface area contributed by atoms with Crippen LogP contribution in [0.3, 0.4) is 0 Å². The monoisotopic (exact) mass is 338 g/mol. The molecule has 0 radical (unpaired) electrons. The van der Waals surface area contributed by atoms with Crippen molar-refractivity contribution >= 4 is 23.7 Å².